The predicted molar refractivity (Wildman–Crippen MR) is 88.9 cm³/mol. The number of hydrogen-bond donors (Lipinski definition) is 3. The fourth-order valence-corrected chi connectivity index (χ4v) is 2.58. The molecule has 0 spiro atoms. The Hall–Kier alpha value is -2.50. The molecule has 0 aliphatic rings. The fraction of sp³-hybridized carbons (Fsp3) is 0.412. The Bertz CT molecular complexity index is 721. The van der Waals surface area contributed by atoms with Crippen LogP contribution in [0.25, 0.3) is 11.0 Å². The largest absolute Gasteiger partial charge is 0.459 e. The lowest BCUT2D eigenvalue weighted by atomic mass is 9.98. The molecule has 1 aromatic heterocycles. The smallest absolute Gasteiger partial charge is 0.312 e. The first-order valence-corrected chi connectivity index (χ1v) is 7.65. The van der Waals surface area contributed by atoms with E-state index in [1.807, 2.05) is 45.0 Å². The average Bonchev–Trinajstić information content (AvgIpc) is 2.81. The molecule has 6 nitrogen and oxygen atoms in total. The predicted octanol–water partition coefficient (Wildman–Crippen LogP) is 2.61. The third-order valence-corrected chi connectivity index (χ3v) is 3.88. The van der Waals surface area contributed by atoms with Gasteiger partial charge < -0.3 is 20.8 Å². The number of urea groups is 1. The summed E-state index contributed by atoms with van der Waals surface area (Å²) in [6.45, 7) is 7.57. The summed E-state index contributed by atoms with van der Waals surface area (Å²) in [5.41, 5.74) is 6.86. The first-order valence-electron chi connectivity index (χ1n) is 7.65. The van der Waals surface area contributed by atoms with Crippen LogP contribution in [-0.2, 0) is 4.79 Å². The van der Waals surface area contributed by atoms with Crippen molar-refractivity contribution < 1.29 is 14.0 Å². The maximum absolute atomic E-state index is 12.3. The molecule has 0 saturated heterocycles. The summed E-state index contributed by atoms with van der Waals surface area (Å²) >= 11 is 0. The quantitative estimate of drug-likeness (QED) is 0.790. The zero-order valence-electron chi connectivity index (χ0n) is 13.8. The topological polar surface area (TPSA) is 97.4 Å². The summed E-state index contributed by atoms with van der Waals surface area (Å²) in [4.78, 5) is 23.2. The maximum Gasteiger partial charge on any atom is 0.312 e. The minimum absolute atomic E-state index is 0.124. The van der Waals surface area contributed by atoms with E-state index >= 15 is 0 Å². The summed E-state index contributed by atoms with van der Waals surface area (Å²) in [7, 11) is 0. The highest BCUT2D eigenvalue weighted by atomic mass is 16.3. The van der Waals surface area contributed by atoms with E-state index in [-0.39, 0.29) is 17.9 Å². The Balaban J connectivity index is 2.29. The SMILES string of the molecule is Cc1c([C@@H](NC(=O)[C@@H](C)NC(N)=O)C(C)C)oc2ccccc12. The molecule has 2 rings (SSSR count). The van der Waals surface area contributed by atoms with Crippen molar-refractivity contribution in [1.29, 1.82) is 0 Å². The number of carbonyl (C=O) groups is 2. The number of carbonyl (C=O) groups excluding carboxylic acids is 2. The summed E-state index contributed by atoms with van der Waals surface area (Å²) in [6, 6.07) is 6.04. The fourth-order valence-electron chi connectivity index (χ4n) is 2.58. The highest BCUT2D eigenvalue weighted by Crippen LogP contribution is 2.32. The molecule has 4 N–H and O–H groups in total. The molecule has 1 heterocycles. The third kappa shape index (κ3) is 3.64. The number of fused-ring (bicyclic) bond motifs is 1. The van der Waals surface area contributed by atoms with Crippen LogP contribution in [0.15, 0.2) is 28.7 Å². The molecule has 2 aromatic rings. The van der Waals surface area contributed by atoms with Crippen molar-refractivity contribution in [3.8, 4) is 0 Å². The van der Waals surface area contributed by atoms with Crippen LogP contribution in [0.1, 0.15) is 38.1 Å². The highest BCUT2D eigenvalue weighted by Gasteiger charge is 2.27. The molecule has 0 radical (unpaired) electrons. The van der Waals surface area contributed by atoms with Gasteiger partial charge in [-0.25, -0.2) is 4.79 Å². The number of furan rings is 1. The number of primary amides is 1. The van der Waals surface area contributed by atoms with E-state index in [9.17, 15) is 9.59 Å². The Kier molecular flexibility index (Phi) is 4.93. The van der Waals surface area contributed by atoms with E-state index in [0.717, 1.165) is 22.3 Å². The lowest BCUT2D eigenvalue weighted by molar-refractivity contribution is -0.123. The van der Waals surface area contributed by atoms with Crippen LogP contribution in [0.3, 0.4) is 0 Å². The number of benzene rings is 1. The van der Waals surface area contributed by atoms with Crippen molar-refractivity contribution in [2.45, 2.75) is 39.8 Å². The van der Waals surface area contributed by atoms with Gasteiger partial charge in [-0.05, 0) is 25.8 Å². The second kappa shape index (κ2) is 6.73. The third-order valence-electron chi connectivity index (χ3n) is 3.88. The standard InChI is InChI=1S/C17H23N3O3/c1-9(2)14(20-16(21)11(4)19-17(18)22)15-10(3)12-7-5-6-8-13(12)23-15/h5-9,11,14H,1-4H3,(H,20,21)(H3,18,19,22)/t11-,14+/m1/s1. The second-order valence-electron chi connectivity index (χ2n) is 6.05. The van der Waals surface area contributed by atoms with Gasteiger partial charge in [-0.2, -0.15) is 0 Å². The monoisotopic (exact) mass is 317 g/mol. The van der Waals surface area contributed by atoms with Gasteiger partial charge >= 0.3 is 6.03 Å². The summed E-state index contributed by atoms with van der Waals surface area (Å²) in [5.74, 6) is 0.558. The van der Waals surface area contributed by atoms with E-state index in [1.54, 1.807) is 6.92 Å². The van der Waals surface area contributed by atoms with Crippen molar-refractivity contribution >= 4 is 22.9 Å². The number of nitrogens with two attached hydrogens (primary N) is 1. The van der Waals surface area contributed by atoms with E-state index < -0.39 is 12.1 Å². The summed E-state index contributed by atoms with van der Waals surface area (Å²) in [5, 5.41) is 6.35. The number of aryl methyl sites for hydroxylation is 1. The van der Waals surface area contributed by atoms with Crippen molar-refractivity contribution in [3.05, 3.63) is 35.6 Å². The molecule has 0 aliphatic heterocycles. The van der Waals surface area contributed by atoms with Gasteiger partial charge in [-0.3, -0.25) is 4.79 Å². The number of hydrogen-bond acceptors (Lipinski definition) is 3. The highest BCUT2D eigenvalue weighted by molar-refractivity contribution is 5.87. The molecule has 0 fully saturated rings. The molecule has 6 heteroatoms. The molecule has 2 atom stereocenters. The van der Waals surface area contributed by atoms with E-state index in [2.05, 4.69) is 10.6 Å². The van der Waals surface area contributed by atoms with E-state index in [0.29, 0.717) is 0 Å². The molecule has 124 valence electrons. The number of para-hydroxylation sites is 1. The maximum atomic E-state index is 12.3. The lowest BCUT2D eigenvalue weighted by Gasteiger charge is -2.23. The van der Waals surface area contributed by atoms with Gasteiger partial charge in [0.25, 0.3) is 0 Å². The van der Waals surface area contributed by atoms with Crippen molar-refractivity contribution in [2.75, 3.05) is 0 Å². The lowest BCUT2D eigenvalue weighted by Crippen LogP contribution is -2.48. The van der Waals surface area contributed by atoms with Crippen LogP contribution < -0.4 is 16.4 Å². The summed E-state index contributed by atoms with van der Waals surface area (Å²) < 4.78 is 5.96. The molecule has 0 unspecified atom stereocenters. The van der Waals surface area contributed by atoms with Gasteiger partial charge in [0.2, 0.25) is 5.91 Å². The van der Waals surface area contributed by atoms with Gasteiger partial charge in [-0.1, -0.05) is 32.0 Å². The van der Waals surface area contributed by atoms with Gasteiger partial charge in [0.15, 0.2) is 0 Å². The van der Waals surface area contributed by atoms with E-state index in [4.69, 9.17) is 10.2 Å². The molecule has 0 bridgehead atoms. The summed E-state index contributed by atoms with van der Waals surface area (Å²) in [6.07, 6.45) is 0. The van der Waals surface area contributed by atoms with Crippen LogP contribution in [-0.4, -0.2) is 18.0 Å². The Labute approximate surface area is 135 Å². The zero-order chi connectivity index (χ0) is 17.1. The first-order chi connectivity index (χ1) is 10.8. The van der Waals surface area contributed by atoms with Gasteiger partial charge in [0.1, 0.15) is 17.4 Å². The van der Waals surface area contributed by atoms with Crippen LogP contribution in [0.4, 0.5) is 4.79 Å². The Morgan fingerprint density at radius 3 is 2.35 bits per heavy atom. The second-order valence-corrected chi connectivity index (χ2v) is 6.05. The van der Waals surface area contributed by atoms with Crippen molar-refractivity contribution in [3.63, 3.8) is 0 Å². The van der Waals surface area contributed by atoms with Crippen LogP contribution in [0.5, 0.6) is 0 Å². The van der Waals surface area contributed by atoms with Gasteiger partial charge in [-0.15, -0.1) is 0 Å². The molecule has 23 heavy (non-hydrogen) atoms. The van der Waals surface area contributed by atoms with Gasteiger partial charge in [0, 0.05) is 10.9 Å². The Morgan fingerprint density at radius 2 is 1.78 bits per heavy atom. The van der Waals surface area contributed by atoms with Crippen LogP contribution in [0.2, 0.25) is 0 Å². The molecular weight excluding hydrogens is 294 g/mol. The molecule has 1 aromatic carbocycles. The average molecular weight is 317 g/mol. The minimum Gasteiger partial charge on any atom is -0.459 e. The number of amides is 3. The Morgan fingerprint density at radius 1 is 1.13 bits per heavy atom. The normalized spacial score (nSPS) is 13.8. The van der Waals surface area contributed by atoms with Crippen LogP contribution >= 0.6 is 0 Å². The first kappa shape index (κ1) is 16.9. The molecule has 0 aliphatic carbocycles. The molecule has 0 saturated carbocycles. The molecule has 3 amide bonds. The molecular formula is C17H23N3O3. The zero-order valence-corrected chi connectivity index (χ0v) is 13.8. The number of nitrogens with one attached hydrogen (secondary N) is 2. The minimum atomic E-state index is -0.728. The van der Waals surface area contributed by atoms with Gasteiger partial charge in [0.05, 0.1) is 6.04 Å². The van der Waals surface area contributed by atoms with Crippen LogP contribution in [0, 0.1) is 12.8 Å². The van der Waals surface area contributed by atoms with Crippen molar-refractivity contribution in [1.82, 2.24) is 10.6 Å². The number of rotatable bonds is 5. The van der Waals surface area contributed by atoms with E-state index in [1.165, 1.54) is 0 Å². The van der Waals surface area contributed by atoms with Crippen molar-refractivity contribution in [2.24, 2.45) is 11.7 Å².